The molecule has 0 unspecified atom stereocenters. The third-order valence-corrected chi connectivity index (χ3v) is 4.23. The van der Waals surface area contributed by atoms with Gasteiger partial charge >= 0.3 is 0 Å². The fourth-order valence-corrected chi connectivity index (χ4v) is 3.24. The van der Waals surface area contributed by atoms with E-state index in [0.717, 1.165) is 21.7 Å². The molecule has 0 saturated carbocycles. The van der Waals surface area contributed by atoms with Gasteiger partial charge in [-0.15, -0.1) is 0 Å². The average molecular weight is 299 g/mol. The second kappa shape index (κ2) is 4.10. The molecule has 108 valence electrons. The van der Waals surface area contributed by atoms with Crippen LogP contribution in [0.15, 0.2) is 53.5 Å². The Kier molecular flexibility index (Phi) is 2.18. The number of nitrogens with one attached hydrogen (secondary N) is 1. The van der Waals surface area contributed by atoms with Crippen LogP contribution in [-0.4, -0.2) is 20.7 Å². The maximum atomic E-state index is 12.7. The van der Waals surface area contributed by atoms with Gasteiger partial charge in [-0.25, -0.2) is 4.98 Å². The number of benzene rings is 1. The Hall–Kier alpha value is -3.34. The van der Waals surface area contributed by atoms with Gasteiger partial charge in [0.05, 0.1) is 11.2 Å². The Bertz CT molecular complexity index is 1210. The molecule has 3 aromatic heterocycles. The second-order valence-electron chi connectivity index (χ2n) is 5.50. The number of carbonyl (C=O) groups is 1. The summed E-state index contributed by atoms with van der Waals surface area (Å²) in [7, 11) is 0. The maximum Gasteiger partial charge on any atom is 0.248 e. The predicted molar refractivity (Wildman–Crippen MR) is 86.5 cm³/mol. The standard InChI is InChI=1S/C18H9N3O2/c22-13-6-5-11-15-14-10(9-3-1-2-4-12(9)20-15)7-8-19-17(14)18(23)16(11)21-13/h1-8H,(H,21,22). The third kappa shape index (κ3) is 1.51. The molecule has 3 heterocycles. The molecule has 0 fully saturated rings. The zero-order chi connectivity index (χ0) is 15.6. The van der Waals surface area contributed by atoms with Gasteiger partial charge in [-0.2, -0.15) is 0 Å². The normalized spacial score (nSPS) is 12.6. The van der Waals surface area contributed by atoms with Crippen molar-refractivity contribution >= 4 is 27.5 Å². The van der Waals surface area contributed by atoms with E-state index in [0.29, 0.717) is 17.0 Å². The summed E-state index contributed by atoms with van der Waals surface area (Å²) < 4.78 is 0. The van der Waals surface area contributed by atoms with Gasteiger partial charge in [0.2, 0.25) is 11.3 Å². The van der Waals surface area contributed by atoms with Crippen molar-refractivity contribution in [2.45, 2.75) is 0 Å². The van der Waals surface area contributed by atoms with E-state index in [1.807, 2.05) is 30.3 Å². The zero-order valence-electron chi connectivity index (χ0n) is 11.8. The quantitative estimate of drug-likeness (QED) is 0.446. The Morgan fingerprint density at radius 3 is 2.65 bits per heavy atom. The molecule has 5 nitrogen and oxygen atoms in total. The van der Waals surface area contributed by atoms with E-state index in [4.69, 9.17) is 4.98 Å². The molecule has 0 atom stereocenters. The van der Waals surface area contributed by atoms with Gasteiger partial charge in [0.25, 0.3) is 0 Å². The maximum absolute atomic E-state index is 12.7. The van der Waals surface area contributed by atoms with Crippen molar-refractivity contribution < 1.29 is 4.79 Å². The number of aromatic nitrogens is 3. The molecule has 4 aromatic rings. The smallest absolute Gasteiger partial charge is 0.248 e. The van der Waals surface area contributed by atoms with Gasteiger partial charge in [-0.1, -0.05) is 18.2 Å². The highest BCUT2D eigenvalue weighted by atomic mass is 16.1. The van der Waals surface area contributed by atoms with E-state index < -0.39 is 0 Å². The molecule has 0 radical (unpaired) electrons. The number of carbonyl (C=O) groups excluding carboxylic acids is 1. The fourth-order valence-electron chi connectivity index (χ4n) is 3.24. The van der Waals surface area contributed by atoms with Gasteiger partial charge in [0.1, 0.15) is 11.4 Å². The number of pyridine rings is 3. The summed E-state index contributed by atoms with van der Waals surface area (Å²) >= 11 is 0. The molecule has 1 N–H and O–H groups in total. The summed E-state index contributed by atoms with van der Waals surface area (Å²) in [4.78, 5) is 35.9. The lowest BCUT2D eigenvalue weighted by Gasteiger charge is -2.18. The van der Waals surface area contributed by atoms with Crippen molar-refractivity contribution in [3.63, 3.8) is 0 Å². The highest BCUT2D eigenvalue weighted by Crippen LogP contribution is 2.38. The summed E-state index contributed by atoms with van der Waals surface area (Å²) in [5.74, 6) is -0.270. The van der Waals surface area contributed by atoms with E-state index in [1.54, 1.807) is 12.3 Å². The van der Waals surface area contributed by atoms with Crippen LogP contribution in [0.4, 0.5) is 0 Å². The first kappa shape index (κ1) is 12.2. The topological polar surface area (TPSA) is 75.7 Å². The van der Waals surface area contributed by atoms with E-state index >= 15 is 0 Å². The number of ketones is 1. The monoisotopic (exact) mass is 299 g/mol. The lowest BCUT2D eigenvalue weighted by atomic mass is 9.90. The first-order chi connectivity index (χ1) is 11.2. The Morgan fingerprint density at radius 2 is 1.74 bits per heavy atom. The highest BCUT2D eigenvalue weighted by molar-refractivity contribution is 6.26. The number of hydrogen-bond acceptors (Lipinski definition) is 4. The fraction of sp³-hybridized carbons (Fsp3) is 0. The number of rotatable bonds is 0. The van der Waals surface area contributed by atoms with Gasteiger partial charge in [0.15, 0.2) is 0 Å². The Balaban J connectivity index is 2.09. The summed E-state index contributed by atoms with van der Waals surface area (Å²) in [5, 5.41) is 2.67. The Morgan fingerprint density at radius 1 is 0.870 bits per heavy atom. The number of para-hydroxylation sites is 1. The molecule has 0 bridgehead atoms. The van der Waals surface area contributed by atoms with Gasteiger partial charge in [0, 0.05) is 28.6 Å². The van der Waals surface area contributed by atoms with Crippen molar-refractivity contribution in [2.75, 3.05) is 0 Å². The first-order valence-electron chi connectivity index (χ1n) is 7.20. The molecule has 0 saturated heterocycles. The average Bonchev–Trinajstić information content (AvgIpc) is 2.59. The molecule has 0 amide bonds. The molecular formula is C18H9N3O2. The zero-order valence-corrected chi connectivity index (χ0v) is 11.8. The number of nitrogens with zero attached hydrogens (tertiary/aromatic N) is 2. The van der Waals surface area contributed by atoms with Crippen molar-refractivity contribution in [2.24, 2.45) is 0 Å². The van der Waals surface area contributed by atoms with Crippen LogP contribution in [0.2, 0.25) is 0 Å². The SMILES string of the molecule is O=C1c2[nH]c(=O)ccc2-c2nc3ccccc3c3ccnc1c23. The lowest BCUT2D eigenvalue weighted by Crippen LogP contribution is -2.19. The number of H-pyrrole nitrogens is 1. The van der Waals surface area contributed by atoms with Crippen LogP contribution in [0.1, 0.15) is 16.2 Å². The lowest BCUT2D eigenvalue weighted by molar-refractivity contribution is 0.103. The molecule has 5 heteroatoms. The van der Waals surface area contributed by atoms with Crippen LogP contribution in [0.5, 0.6) is 0 Å². The van der Waals surface area contributed by atoms with Crippen molar-refractivity contribution in [1.29, 1.82) is 0 Å². The van der Waals surface area contributed by atoms with E-state index in [-0.39, 0.29) is 17.0 Å². The van der Waals surface area contributed by atoms with E-state index in [1.165, 1.54) is 6.07 Å². The van der Waals surface area contributed by atoms with Crippen LogP contribution in [0.25, 0.3) is 32.9 Å². The van der Waals surface area contributed by atoms with Crippen molar-refractivity contribution in [1.82, 2.24) is 15.0 Å². The van der Waals surface area contributed by atoms with Crippen LogP contribution in [-0.2, 0) is 0 Å². The van der Waals surface area contributed by atoms with Gasteiger partial charge in [-0.3, -0.25) is 14.6 Å². The third-order valence-electron chi connectivity index (χ3n) is 4.23. The minimum atomic E-state index is -0.312. The molecular weight excluding hydrogens is 290 g/mol. The van der Waals surface area contributed by atoms with Crippen LogP contribution in [0, 0.1) is 0 Å². The molecule has 0 aliphatic heterocycles. The van der Waals surface area contributed by atoms with Gasteiger partial charge in [-0.05, 0) is 23.6 Å². The van der Waals surface area contributed by atoms with Crippen molar-refractivity contribution in [3.05, 3.63) is 70.4 Å². The van der Waals surface area contributed by atoms with Crippen LogP contribution >= 0.6 is 0 Å². The molecule has 23 heavy (non-hydrogen) atoms. The predicted octanol–water partition coefficient (Wildman–Crippen LogP) is 2.68. The minimum Gasteiger partial charge on any atom is -0.319 e. The van der Waals surface area contributed by atoms with Crippen LogP contribution in [0.3, 0.4) is 0 Å². The number of aromatic amines is 1. The first-order valence-corrected chi connectivity index (χ1v) is 7.20. The van der Waals surface area contributed by atoms with Gasteiger partial charge < -0.3 is 4.98 Å². The highest BCUT2D eigenvalue weighted by Gasteiger charge is 2.29. The minimum absolute atomic E-state index is 0.257. The summed E-state index contributed by atoms with van der Waals surface area (Å²) in [5.41, 5.74) is 2.46. The molecule has 5 rings (SSSR count). The largest absolute Gasteiger partial charge is 0.319 e. The summed E-state index contributed by atoms with van der Waals surface area (Å²) in [6.07, 6.45) is 1.62. The molecule has 1 aliphatic rings. The second-order valence-corrected chi connectivity index (χ2v) is 5.50. The van der Waals surface area contributed by atoms with E-state index in [2.05, 4.69) is 9.97 Å². The van der Waals surface area contributed by atoms with Crippen molar-refractivity contribution in [3.8, 4) is 11.3 Å². The summed E-state index contributed by atoms with van der Waals surface area (Å²) in [6.45, 7) is 0. The molecule has 1 aromatic carbocycles. The van der Waals surface area contributed by atoms with Crippen LogP contribution < -0.4 is 5.56 Å². The number of hydrogen-bond donors (Lipinski definition) is 1. The molecule has 0 spiro atoms. The summed E-state index contributed by atoms with van der Waals surface area (Å²) in [6, 6.07) is 12.8. The molecule has 1 aliphatic carbocycles. The Labute approximate surface area is 129 Å². The number of fused-ring (bicyclic) bond motifs is 4. The van der Waals surface area contributed by atoms with E-state index in [9.17, 15) is 9.59 Å².